The molecule has 1 N–H and O–H groups in total. The summed E-state index contributed by atoms with van der Waals surface area (Å²) in [4.78, 5) is 12.5. The van der Waals surface area contributed by atoms with Crippen LogP contribution in [0.3, 0.4) is 0 Å². The molecule has 1 saturated carbocycles. The molecule has 0 saturated heterocycles. The summed E-state index contributed by atoms with van der Waals surface area (Å²) in [6, 6.07) is 16.7. The van der Waals surface area contributed by atoms with Crippen molar-refractivity contribution in [3.05, 3.63) is 64.1 Å². The Balaban J connectivity index is 1.90. The molecule has 0 aromatic heterocycles. The topological polar surface area (TPSA) is 29.1 Å². The van der Waals surface area contributed by atoms with E-state index in [2.05, 4.69) is 64.6 Å². The van der Waals surface area contributed by atoms with E-state index in [4.69, 9.17) is 0 Å². The molecule has 2 aromatic rings. The molecule has 0 amide bonds. The first-order valence-corrected chi connectivity index (χ1v) is 9.04. The van der Waals surface area contributed by atoms with Gasteiger partial charge < -0.3 is 5.32 Å². The predicted octanol–water partition coefficient (Wildman–Crippen LogP) is 5.67. The predicted molar refractivity (Wildman–Crippen MR) is 98.6 cm³/mol. The van der Waals surface area contributed by atoms with E-state index in [0.29, 0.717) is 12.2 Å². The van der Waals surface area contributed by atoms with E-state index in [1.165, 1.54) is 11.1 Å². The van der Waals surface area contributed by atoms with Crippen molar-refractivity contribution >= 4 is 27.4 Å². The van der Waals surface area contributed by atoms with Crippen molar-refractivity contribution in [1.29, 1.82) is 0 Å². The Kier molecular flexibility index (Phi) is 5.16. The molecule has 1 fully saturated rings. The SMILES string of the molecule is Cc1ccc(NC(c2ccc(Br)cc2)C2CCCCC2=O)cc1. The number of aryl methyl sites for hydroxylation is 1. The molecule has 0 bridgehead atoms. The highest BCUT2D eigenvalue weighted by Gasteiger charge is 2.31. The quantitative estimate of drug-likeness (QED) is 0.749. The zero-order valence-electron chi connectivity index (χ0n) is 13.4. The average molecular weight is 372 g/mol. The molecule has 120 valence electrons. The molecular formula is C20H22BrNO. The normalized spacial score (nSPS) is 19.4. The smallest absolute Gasteiger partial charge is 0.138 e. The Morgan fingerprint density at radius 3 is 2.39 bits per heavy atom. The minimum atomic E-state index is 0.0404. The van der Waals surface area contributed by atoms with Gasteiger partial charge in [0.2, 0.25) is 0 Å². The van der Waals surface area contributed by atoms with E-state index in [1.807, 2.05) is 12.1 Å². The molecule has 2 unspecified atom stereocenters. The van der Waals surface area contributed by atoms with Crippen LogP contribution >= 0.6 is 15.9 Å². The van der Waals surface area contributed by atoms with Crippen LogP contribution in [0, 0.1) is 12.8 Å². The number of hydrogen-bond donors (Lipinski definition) is 1. The van der Waals surface area contributed by atoms with Gasteiger partial charge in [0.1, 0.15) is 5.78 Å². The molecule has 0 aliphatic heterocycles. The molecule has 1 aliphatic rings. The van der Waals surface area contributed by atoms with Crippen molar-refractivity contribution in [3.8, 4) is 0 Å². The second kappa shape index (κ2) is 7.31. The number of benzene rings is 2. The maximum absolute atomic E-state index is 12.5. The number of carbonyl (C=O) groups excluding carboxylic acids is 1. The summed E-state index contributed by atoms with van der Waals surface area (Å²) in [7, 11) is 0. The lowest BCUT2D eigenvalue weighted by molar-refractivity contribution is -0.125. The van der Waals surface area contributed by atoms with Crippen molar-refractivity contribution in [2.45, 2.75) is 38.6 Å². The summed E-state index contributed by atoms with van der Waals surface area (Å²) in [5.74, 6) is 0.454. The Morgan fingerprint density at radius 1 is 1.04 bits per heavy atom. The third-order valence-electron chi connectivity index (χ3n) is 4.61. The van der Waals surface area contributed by atoms with E-state index in [-0.39, 0.29) is 12.0 Å². The lowest BCUT2D eigenvalue weighted by atomic mass is 9.80. The lowest BCUT2D eigenvalue weighted by Gasteiger charge is -2.31. The van der Waals surface area contributed by atoms with Crippen LogP contribution in [0.2, 0.25) is 0 Å². The van der Waals surface area contributed by atoms with E-state index in [9.17, 15) is 4.79 Å². The Bertz CT molecular complexity index is 663. The number of nitrogens with one attached hydrogen (secondary N) is 1. The second-order valence-electron chi connectivity index (χ2n) is 6.36. The third-order valence-corrected chi connectivity index (χ3v) is 5.14. The molecule has 2 nitrogen and oxygen atoms in total. The second-order valence-corrected chi connectivity index (χ2v) is 7.27. The van der Waals surface area contributed by atoms with Gasteiger partial charge in [0.15, 0.2) is 0 Å². The average Bonchev–Trinajstić information content (AvgIpc) is 2.56. The fourth-order valence-corrected chi connectivity index (χ4v) is 3.54. The number of carbonyl (C=O) groups is 1. The summed E-state index contributed by atoms with van der Waals surface area (Å²) >= 11 is 3.49. The van der Waals surface area contributed by atoms with Crippen molar-refractivity contribution in [2.24, 2.45) is 5.92 Å². The van der Waals surface area contributed by atoms with Crippen LogP contribution in [0.1, 0.15) is 42.9 Å². The molecule has 3 heteroatoms. The van der Waals surface area contributed by atoms with Gasteiger partial charge in [-0.1, -0.05) is 52.2 Å². The Labute approximate surface area is 146 Å². The number of anilines is 1. The van der Waals surface area contributed by atoms with E-state index in [1.54, 1.807) is 0 Å². The van der Waals surface area contributed by atoms with E-state index in [0.717, 1.165) is 29.4 Å². The third kappa shape index (κ3) is 4.03. The molecule has 3 rings (SSSR count). The van der Waals surface area contributed by atoms with Gasteiger partial charge in [-0.3, -0.25) is 4.79 Å². The van der Waals surface area contributed by atoms with Crippen LogP contribution < -0.4 is 5.32 Å². The molecular weight excluding hydrogens is 350 g/mol. The minimum absolute atomic E-state index is 0.0404. The minimum Gasteiger partial charge on any atom is -0.378 e. The summed E-state index contributed by atoms with van der Waals surface area (Å²) in [6.07, 6.45) is 3.86. The summed E-state index contributed by atoms with van der Waals surface area (Å²) in [5, 5.41) is 3.61. The van der Waals surface area contributed by atoms with E-state index < -0.39 is 0 Å². The number of hydrogen-bond acceptors (Lipinski definition) is 2. The fourth-order valence-electron chi connectivity index (χ4n) is 3.28. The monoisotopic (exact) mass is 371 g/mol. The summed E-state index contributed by atoms with van der Waals surface area (Å²) < 4.78 is 1.06. The van der Waals surface area contributed by atoms with Gasteiger partial charge in [-0.25, -0.2) is 0 Å². The molecule has 0 spiro atoms. The molecule has 23 heavy (non-hydrogen) atoms. The molecule has 0 heterocycles. The van der Waals surface area contributed by atoms with Crippen LogP contribution in [-0.2, 0) is 4.79 Å². The first-order chi connectivity index (χ1) is 11.1. The summed E-state index contributed by atoms with van der Waals surface area (Å²) in [5.41, 5.74) is 3.49. The number of rotatable bonds is 4. The largest absolute Gasteiger partial charge is 0.378 e. The van der Waals surface area contributed by atoms with Crippen LogP contribution in [0.15, 0.2) is 53.0 Å². The zero-order chi connectivity index (χ0) is 16.2. The maximum Gasteiger partial charge on any atom is 0.138 e. The molecule has 0 radical (unpaired) electrons. The number of halogens is 1. The van der Waals surface area contributed by atoms with Crippen molar-refractivity contribution in [2.75, 3.05) is 5.32 Å². The van der Waals surface area contributed by atoms with Crippen molar-refractivity contribution in [3.63, 3.8) is 0 Å². The number of Topliss-reactive ketones (excluding diaryl/α,β-unsaturated/α-hetero) is 1. The summed E-state index contributed by atoms with van der Waals surface area (Å²) in [6.45, 7) is 2.08. The van der Waals surface area contributed by atoms with Gasteiger partial charge in [0.05, 0.1) is 6.04 Å². The Hall–Kier alpha value is -1.61. The van der Waals surface area contributed by atoms with E-state index >= 15 is 0 Å². The lowest BCUT2D eigenvalue weighted by Crippen LogP contribution is -2.30. The molecule has 1 aliphatic carbocycles. The zero-order valence-corrected chi connectivity index (χ0v) is 15.0. The highest BCUT2D eigenvalue weighted by atomic mass is 79.9. The van der Waals surface area contributed by atoms with Crippen LogP contribution in [0.25, 0.3) is 0 Å². The van der Waals surface area contributed by atoms with Gasteiger partial charge in [0, 0.05) is 22.5 Å². The maximum atomic E-state index is 12.5. The van der Waals surface area contributed by atoms with Crippen LogP contribution in [0.4, 0.5) is 5.69 Å². The number of ketones is 1. The van der Waals surface area contributed by atoms with Crippen molar-refractivity contribution in [1.82, 2.24) is 0 Å². The van der Waals surface area contributed by atoms with Crippen LogP contribution in [-0.4, -0.2) is 5.78 Å². The fraction of sp³-hybridized carbons (Fsp3) is 0.350. The van der Waals surface area contributed by atoms with Gasteiger partial charge in [-0.05, 0) is 49.6 Å². The first-order valence-electron chi connectivity index (χ1n) is 8.25. The highest BCUT2D eigenvalue weighted by molar-refractivity contribution is 9.10. The first kappa shape index (κ1) is 16.3. The Morgan fingerprint density at radius 2 is 1.74 bits per heavy atom. The van der Waals surface area contributed by atoms with Gasteiger partial charge in [-0.2, -0.15) is 0 Å². The highest BCUT2D eigenvalue weighted by Crippen LogP contribution is 2.35. The van der Waals surface area contributed by atoms with Crippen LogP contribution in [0.5, 0.6) is 0 Å². The van der Waals surface area contributed by atoms with Gasteiger partial charge in [-0.15, -0.1) is 0 Å². The van der Waals surface area contributed by atoms with Gasteiger partial charge in [0.25, 0.3) is 0 Å². The van der Waals surface area contributed by atoms with Gasteiger partial charge >= 0.3 is 0 Å². The standard InChI is InChI=1S/C20H22BrNO/c1-14-6-12-17(13-7-14)22-20(15-8-10-16(21)11-9-15)18-4-2-3-5-19(18)23/h6-13,18,20,22H,2-5H2,1H3. The molecule has 2 aromatic carbocycles. The van der Waals surface area contributed by atoms with Crippen molar-refractivity contribution < 1.29 is 4.79 Å². The molecule has 2 atom stereocenters.